The Balaban J connectivity index is 1.69. The fraction of sp³-hybridized carbons (Fsp3) is 0.846. The van der Waals surface area contributed by atoms with E-state index in [-0.39, 0.29) is 0 Å². The number of rotatable bonds is 7. The summed E-state index contributed by atoms with van der Waals surface area (Å²) in [6.07, 6.45) is 4.55. The monoisotopic (exact) mass is 251 g/mol. The molecule has 0 spiro atoms. The normalized spacial score (nSPS) is 20.7. The molecule has 1 aliphatic heterocycles. The molecule has 18 heavy (non-hydrogen) atoms. The third-order valence-electron chi connectivity index (χ3n) is 3.47. The lowest BCUT2D eigenvalue weighted by atomic mass is 10.2. The van der Waals surface area contributed by atoms with Crippen LogP contribution in [0, 0.1) is 5.92 Å². The van der Waals surface area contributed by atoms with Crippen molar-refractivity contribution < 1.29 is 0 Å². The van der Waals surface area contributed by atoms with Crippen molar-refractivity contribution in [3.8, 4) is 0 Å². The Kier molecular flexibility index (Phi) is 5.13. The minimum absolute atomic E-state index is 0.828. The molecule has 1 fully saturated rings. The zero-order valence-corrected chi connectivity index (χ0v) is 11.6. The summed E-state index contributed by atoms with van der Waals surface area (Å²) in [5, 5.41) is 11.7. The summed E-state index contributed by atoms with van der Waals surface area (Å²) in [4.78, 5) is 2.52. The third kappa shape index (κ3) is 4.07. The van der Waals surface area contributed by atoms with Crippen LogP contribution in [-0.4, -0.2) is 46.1 Å². The first-order valence-electron chi connectivity index (χ1n) is 7.10. The highest BCUT2D eigenvalue weighted by Crippen LogP contribution is 2.14. The van der Waals surface area contributed by atoms with E-state index < -0.39 is 0 Å². The highest BCUT2D eigenvalue weighted by atomic mass is 15.4. The average Bonchev–Trinajstić information content (AvgIpc) is 2.96. The van der Waals surface area contributed by atoms with Crippen LogP contribution in [0.2, 0.25) is 0 Å². The molecule has 1 aromatic rings. The first-order valence-corrected chi connectivity index (χ1v) is 7.10. The highest BCUT2D eigenvalue weighted by Gasteiger charge is 2.17. The first-order chi connectivity index (χ1) is 8.78. The minimum Gasteiger partial charge on any atom is -0.311 e. The van der Waals surface area contributed by atoms with Crippen LogP contribution in [0.5, 0.6) is 0 Å². The topological polar surface area (TPSA) is 46.0 Å². The van der Waals surface area contributed by atoms with Crippen molar-refractivity contribution in [1.29, 1.82) is 0 Å². The second-order valence-corrected chi connectivity index (χ2v) is 5.34. The molecule has 1 N–H and O–H groups in total. The van der Waals surface area contributed by atoms with E-state index >= 15 is 0 Å². The van der Waals surface area contributed by atoms with Crippen molar-refractivity contribution in [1.82, 2.24) is 25.2 Å². The van der Waals surface area contributed by atoms with Gasteiger partial charge in [0, 0.05) is 25.8 Å². The van der Waals surface area contributed by atoms with E-state index in [4.69, 9.17) is 0 Å². The number of hydrogen-bond acceptors (Lipinski definition) is 4. The zero-order chi connectivity index (χ0) is 12.8. The molecule has 1 aromatic heterocycles. The van der Waals surface area contributed by atoms with Gasteiger partial charge in [-0.1, -0.05) is 19.1 Å². The van der Waals surface area contributed by atoms with Gasteiger partial charge >= 0.3 is 0 Å². The van der Waals surface area contributed by atoms with Gasteiger partial charge in [-0.15, -0.1) is 5.10 Å². The molecule has 0 radical (unpaired) electrons. The number of nitrogens with one attached hydrogen (secondary N) is 1. The lowest BCUT2D eigenvalue weighted by Gasteiger charge is -2.14. The van der Waals surface area contributed by atoms with Crippen molar-refractivity contribution in [3.05, 3.63) is 11.9 Å². The summed E-state index contributed by atoms with van der Waals surface area (Å²) in [6, 6.07) is 0. The van der Waals surface area contributed by atoms with Gasteiger partial charge in [-0.25, -0.2) is 0 Å². The summed E-state index contributed by atoms with van der Waals surface area (Å²) >= 11 is 0. The Morgan fingerprint density at radius 2 is 2.33 bits per heavy atom. The van der Waals surface area contributed by atoms with E-state index in [2.05, 4.69) is 40.6 Å². The molecular weight excluding hydrogens is 226 g/mol. The average molecular weight is 251 g/mol. The molecule has 0 aliphatic carbocycles. The van der Waals surface area contributed by atoms with Crippen molar-refractivity contribution in [3.63, 3.8) is 0 Å². The van der Waals surface area contributed by atoms with Crippen molar-refractivity contribution >= 4 is 0 Å². The molecule has 2 rings (SSSR count). The third-order valence-corrected chi connectivity index (χ3v) is 3.47. The van der Waals surface area contributed by atoms with Gasteiger partial charge in [0.25, 0.3) is 0 Å². The quantitative estimate of drug-likeness (QED) is 0.738. The van der Waals surface area contributed by atoms with Gasteiger partial charge in [0.15, 0.2) is 0 Å². The molecule has 0 bridgehead atoms. The molecule has 0 aromatic carbocycles. The molecule has 5 nitrogen and oxygen atoms in total. The van der Waals surface area contributed by atoms with Gasteiger partial charge in [0.2, 0.25) is 0 Å². The molecule has 1 unspecified atom stereocenters. The summed E-state index contributed by atoms with van der Waals surface area (Å²) < 4.78 is 1.96. The lowest BCUT2D eigenvalue weighted by Crippen LogP contribution is -2.25. The maximum atomic E-state index is 4.18. The molecule has 0 saturated carbocycles. The number of aromatic nitrogens is 3. The fourth-order valence-electron chi connectivity index (χ4n) is 2.40. The smallest absolute Gasteiger partial charge is 0.0964 e. The largest absolute Gasteiger partial charge is 0.311 e. The standard InChI is InChI=1S/C13H25N5/c1-3-5-14-9-13-11-18(16-15-13)8-7-17-6-4-12(2)10-17/h11-12,14H,3-10H2,1-2H3. The summed E-state index contributed by atoms with van der Waals surface area (Å²) in [5.74, 6) is 0.856. The van der Waals surface area contributed by atoms with Crippen LogP contribution in [0.4, 0.5) is 0 Å². The molecule has 1 aliphatic rings. The first kappa shape index (κ1) is 13.5. The van der Waals surface area contributed by atoms with Crippen LogP contribution >= 0.6 is 0 Å². The maximum Gasteiger partial charge on any atom is 0.0964 e. The van der Waals surface area contributed by atoms with Gasteiger partial charge in [0.05, 0.1) is 12.2 Å². The van der Waals surface area contributed by atoms with Crippen LogP contribution in [0.3, 0.4) is 0 Å². The lowest BCUT2D eigenvalue weighted by molar-refractivity contribution is 0.305. The SMILES string of the molecule is CCCNCc1cn(CCN2CCC(C)C2)nn1. The van der Waals surface area contributed by atoms with E-state index in [1.165, 1.54) is 19.5 Å². The predicted molar refractivity (Wildman–Crippen MR) is 72.2 cm³/mol. The molecule has 2 heterocycles. The summed E-state index contributed by atoms with van der Waals surface area (Å²) in [7, 11) is 0. The van der Waals surface area contributed by atoms with Gasteiger partial charge in [-0.05, 0) is 31.8 Å². The Bertz CT molecular complexity index is 349. The second kappa shape index (κ2) is 6.85. The summed E-state index contributed by atoms with van der Waals surface area (Å²) in [6.45, 7) is 10.9. The number of likely N-dealkylation sites (tertiary alicyclic amines) is 1. The van der Waals surface area contributed by atoms with Gasteiger partial charge in [-0.3, -0.25) is 4.68 Å². The van der Waals surface area contributed by atoms with E-state index in [0.29, 0.717) is 0 Å². The van der Waals surface area contributed by atoms with Crippen LogP contribution in [0.15, 0.2) is 6.20 Å². The van der Waals surface area contributed by atoms with Crippen LogP contribution in [-0.2, 0) is 13.1 Å². The number of nitrogens with zero attached hydrogens (tertiary/aromatic N) is 4. The maximum absolute atomic E-state index is 4.18. The van der Waals surface area contributed by atoms with E-state index in [1.54, 1.807) is 0 Å². The van der Waals surface area contributed by atoms with Crippen molar-refractivity contribution in [2.75, 3.05) is 26.2 Å². The molecule has 5 heteroatoms. The zero-order valence-electron chi connectivity index (χ0n) is 11.6. The van der Waals surface area contributed by atoms with Crippen LogP contribution in [0.1, 0.15) is 32.4 Å². The Morgan fingerprint density at radius 3 is 3.06 bits per heavy atom. The Morgan fingerprint density at radius 1 is 1.44 bits per heavy atom. The van der Waals surface area contributed by atoms with Gasteiger partial charge in [0.1, 0.15) is 0 Å². The Hall–Kier alpha value is -0.940. The van der Waals surface area contributed by atoms with Gasteiger partial charge in [-0.2, -0.15) is 0 Å². The van der Waals surface area contributed by atoms with E-state index in [0.717, 1.165) is 44.2 Å². The van der Waals surface area contributed by atoms with Gasteiger partial charge < -0.3 is 10.2 Å². The van der Waals surface area contributed by atoms with Crippen LogP contribution in [0.25, 0.3) is 0 Å². The Labute approximate surface area is 110 Å². The second-order valence-electron chi connectivity index (χ2n) is 5.34. The summed E-state index contributed by atoms with van der Waals surface area (Å²) in [5.41, 5.74) is 1.04. The molecule has 1 saturated heterocycles. The van der Waals surface area contributed by atoms with E-state index in [1.807, 2.05) is 4.68 Å². The molecule has 102 valence electrons. The van der Waals surface area contributed by atoms with Crippen molar-refractivity contribution in [2.45, 2.75) is 39.8 Å². The molecule has 0 amide bonds. The molecule has 1 atom stereocenters. The molecular formula is C13H25N5. The van der Waals surface area contributed by atoms with Crippen molar-refractivity contribution in [2.24, 2.45) is 5.92 Å². The number of hydrogen-bond donors (Lipinski definition) is 1. The highest BCUT2D eigenvalue weighted by molar-refractivity contribution is 4.91. The van der Waals surface area contributed by atoms with E-state index in [9.17, 15) is 0 Å². The van der Waals surface area contributed by atoms with Crippen LogP contribution < -0.4 is 5.32 Å². The minimum atomic E-state index is 0.828. The fourth-order valence-corrected chi connectivity index (χ4v) is 2.40. The predicted octanol–water partition coefficient (Wildman–Crippen LogP) is 1.12.